The van der Waals surface area contributed by atoms with Gasteiger partial charge in [0.2, 0.25) is 0 Å². The smallest absolute Gasteiger partial charge is 0.258 e. The summed E-state index contributed by atoms with van der Waals surface area (Å²) in [5.41, 5.74) is 3.12. The molecule has 0 spiro atoms. The van der Waals surface area contributed by atoms with Crippen LogP contribution in [0.15, 0.2) is 83.8 Å². The van der Waals surface area contributed by atoms with Crippen LogP contribution in [0.3, 0.4) is 0 Å². The fourth-order valence-electron chi connectivity index (χ4n) is 2.96. The molecule has 0 aliphatic heterocycles. The topological polar surface area (TPSA) is 42.0 Å². The molecular formula is C23H17FN2OS2. The lowest BCUT2D eigenvalue weighted by atomic mass is 10.1. The van der Waals surface area contributed by atoms with Crippen molar-refractivity contribution < 1.29 is 9.18 Å². The maximum Gasteiger partial charge on any atom is 0.258 e. The van der Waals surface area contributed by atoms with Gasteiger partial charge in [-0.1, -0.05) is 53.8 Å². The van der Waals surface area contributed by atoms with Gasteiger partial charge in [-0.15, -0.1) is 11.8 Å². The Labute approximate surface area is 176 Å². The van der Waals surface area contributed by atoms with Crippen molar-refractivity contribution in [1.82, 2.24) is 4.98 Å². The summed E-state index contributed by atoms with van der Waals surface area (Å²) in [6.45, 7) is 0. The van der Waals surface area contributed by atoms with Gasteiger partial charge in [-0.3, -0.25) is 10.1 Å². The van der Waals surface area contributed by atoms with Crippen LogP contribution < -0.4 is 5.32 Å². The highest BCUT2D eigenvalue weighted by Crippen LogP contribution is 2.39. The molecule has 29 heavy (non-hydrogen) atoms. The predicted molar refractivity (Wildman–Crippen MR) is 119 cm³/mol. The third-order valence-corrected chi connectivity index (χ3v) is 6.17. The van der Waals surface area contributed by atoms with Gasteiger partial charge in [-0.2, -0.15) is 0 Å². The number of hydrogen-bond acceptors (Lipinski definition) is 4. The number of thioether (sulfide) groups is 1. The van der Waals surface area contributed by atoms with Crippen LogP contribution in [0.5, 0.6) is 0 Å². The highest BCUT2D eigenvalue weighted by molar-refractivity contribution is 7.98. The van der Waals surface area contributed by atoms with Crippen molar-refractivity contribution in [3.63, 3.8) is 0 Å². The van der Waals surface area contributed by atoms with E-state index in [0.717, 1.165) is 26.6 Å². The SMILES string of the molecule is CSc1ccccc1C(=O)Nc1nc(-c2ccc(F)cc2)c(-c2ccccc2)s1. The Morgan fingerprint density at radius 3 is 2.34 bits per heavy atom. The van der Waals surface area contributed by atoms with Gasteiger partial charge < -0.3 is 0 Å². The molecule has 1 N–H and O–H groups in total. The Morgan fingerprint density at radius 2 is 1.62 bits per heavy atom. The van der Waals surface area contributed by atoms with E-state index in [4.69, 9.17) is 0 Å². The first-order valence-electron chi connectivity index (χ1n) is 8.92. The molecule has 0 bridgehead atoms. The quantitative estimate of drug-likeness (QED) is 0.370. The van der Waals surface area contributed by atoms with Crippen LogP contribution in [-0.2, 0) is 0 Å². The molecule has 0 radical (unpaired) electrons. The summed E-state index contributed by atoms with van der Waals surface area (Å²) in [6, 6.07) is 23.5. The van der Waals surface area contributed by atoms with Gasteiger partial charge in [-0.05, 0) is 48.2 Å². The lowest BCUT2D eigenvalue weighted by Crippen LogP contribution is -2.12. The van der Waals surface area contributed by atoms with Crippen LogP contribution in [0, 0.1) is 5.82 Å². The summed E-state index contributed by atoms with van der Waals surface area (Å²) in [7, 11) is 0. The Hall–Kier alpha value is -2.96. The van der Waals surface area contributed by atoms with E-state index in [9.17, 15) is 9.18 Å². The van der Waals surface area contributed by atoms with Gasteiger partial charge in [0.1, 0.15) is 5.82 Å². The van der Waals surface area contributed by atoms with E-state index < -0.39 is 0 Å². The standard InChI is InChI=1S/C23H17FN2OS2/c1-28-19-10-6-5-9-18(19)22(27)26-23-25-20(15-11-13-17(24)14-12-15)21(29-23)16-7-3-2-4-8-16/h2-14H,1H3,(H,25,26,27). The summed E-state index contributed by atoms with van der Waals surface area (Å²) in [4.78, 5) is 19.3. The second-order valence-electron chi connectivity index (χ2n) is 6.22. The number of nitrogens with zero attached hydrogens (tertiary/aromatic N) is 1. The van der Waals surface area contributed by atoms with E-state index in [1.807, 2.05) is 54.8 Å². The summed E-state index contributed by atoms with van der Waals surface area (Å²) in [6.07, 6.45) is 1.94. The molecule has 4 aromatic rings. The zero-order chi connectivity index (χ0) is 20.2. The molecule has 0 saturated heterocycles. The first kappa shape index (κ1) is 19.4. The van der Waals surface area contributed by atoms with Crippen LogP contribution >= 0.6 is 23.1 Å². The molecule has 0 aliphatic carbocycles. The predicted octanol–water partition coefficient (Wildman–Crippen LogP) is 6.59. The molecule has 1 aromatic heterocycles. The van der Waals surface area contributed by atoms with Gasteiger partial charge in [0.15, 0.2) is 5.13 Å². The molecule has 0 fully saturated rings. The highest BCUT2D eigenvalue weighted by atomic mass is 32.2. The Kier molecular flexibility index (Phi) is 5.74. The molecular weight excluding hydrogens is 403 g/mol. The second kappa shape index (κ2) is 8.59. The number of anilines is 1. The zero-order valence-corrected chi connectivity index (χ0v) is 17.2. The molecule has 4 rings (SSSR count). The normalized spacial score (nSPS) is 10.7. The number of amides is 1. The van der Waals surface area contributed by atoms with E-state index >= 15 is 0 Å². The number of carbonyl (C=O) groups is 1. The zero-order valence-electron chi connectivity index (χ0n) is 15.6. The average Bonchev–Trinajstić information content (AvgIpc) is 3.18. The Morgan fingerprint density at radius 1 is 0.931 bits per heavy atom. The van der Waals surface area contributed by atoms with Crippen LogP contribution in [0.4, 0.5) is 9.52 Å². The maximum absolute atomic E-state index is 13.4. The van der Waals surface area contributed by atoms with Crippen LogP contribution in [0.1, 0.15) is 10.4 Å². The minimum Gasteiger partial charge on any atom is -0.298 e. The van der Waals surface area contributed by atoms with E-state index in [1.165, 1.54) is 35.2 Å². The van der Waals surface area contributed by atoms with Crippen molar-refractivity contribution >= 4 is 34.1 Å². The van der Waals surface area contributed by atoms with Gasteiger partial charge in [0.25, 0.3) is 5.91 Å². The van der Waals surface area contributed by atoms with E-state index in [1.54, 1.807) is 18.2 Å². The largest absolute Gasteiger partial charge is 0.298 e. The summed E-state index contributed by atoms with van der Waals surface area (Å²) in [5.74, 6) is -0.499. The number of nitrogens with one attached hydrogen (secondary N) is 1. The van der Waals surface area contributed by atoms with Crippen LogP contribution in [0.25, 0.3) is 21.7 Å². The van der Waals surface area contributed by atoms with Gasteiger partial charge >= 0.3 is 0 Å². The molecule has 6 heteroatoms. The van der Waals surface area contributed by atoms with E-state index in [2.05, 4.69) is 10.3 Å². The number of hydrogen-bond donors (Lipinski definition) is 1. The minimum absolute atomic E-state index is 0.200. The van der Waals surface area contributed by atoms with E-state index in [0.29, 0.717) is 10.7 Å². The summed E-state index contributed by atoms with van der Waals surface area (Å²) >= 11 is 2.93. The summed E-state index contributed by atoms with van der Waals surface area (Å²) in [5, 5.41) is 3.43. The minimum atomic E-state index is -0.299. The third-order valence-electron chi connectivity index (χ3n) is 4.35. The highest BCUT2D eigenvalue weighted by Gasteiger charge is 2.18. The average molecular weight is 421 g/mol. The third kappa shape index (κ3) is 4.23. The van der Waals surface area contributed by atoms with Crippen molar-refractivity contribution in [1.29, 1.82) is 0 Å². The molecule has 0 saturated carbocycles. The number of aromatic nitrogens is 1. The molecule has 1 heterocycles. The molecule has 1 amide bonds. The molecule has 3 nitrogen and oxygen atoms in total. The Bertz CT molecular complexity index is 1140. The first-order valence-corrected chi connectivity index (χ1v) is 11.0. The molecule has 0 unspecified atom stereocenters. The van der Waals surface area contributed by atoms with Crippen molar-refractivity contribution in [2.24, 2.45) is 0 Å². The first-order chi connectivity index (χ1) is 14.2. The molecule has 3 aromatic carbocycles. The molecule has 0 aliphatic rings. The lowest BCUT2D eigenvalue weighted by molar-refractivity contribution is 0.102. The van der Waals surface area contributed by atoms with Crippen molar-refractivity contribution in [3.05, 3.63) is 90.2 Å². The van der Waals surface area contributed by atoms with Gasteiger partial charge in [0.05, 0.1) is 16.1 Å². The number of benzene rings is 3. The second-order valence-corrected chi connectivity index (χ2v) is 8.07. The number of rotatable bonds is 5. The maximum atomic E-state index is 13.4. The van der Waals surface area contributed by atoms with Gasteiger partial charge in [-0.25, -0.2) is 9.37 Å². The molecule has 0 atom stereocenters. The monoisotopic (exact) mass is 420 g/mol. The van der Waals surface area contributed by atoms with Crippen LogP contribution in [-0.4, -0.2) is 17.1 Å². The Balaban J connectivity index is 1.73. The number of carbonyl (C=O) groups excluding carboxylic acids is 1. The van der Waals surface area contributed by atoms with E-state index in [-0.39, 0.29) is 11.7 Å². The van der Waals surface area contributed by atoms with Crippen molar-refractivity contribution in [2.75, 3.05) is 11.6 Å². The summed E-state index contributed by atoms with van der Waals surface area (Å²) < 4.78 is 13.4. The van der Waals surface area contributed by atoms with Crippen molar-refractivity contribution in [2.45, 2.75) is 4.90 Å². The van der Waals surface area contributed by atoms with Gasteiger partial charge in [0, 0.05) is 10.5 Å². The lowest BCUT2D eigenvalue weighted by Gasteiger charge is -2.06. The fourth-order valence-corrected chi connectivity index (χ4v) is 4.54. The van der Waals surface area contributed by atoms with Crippen LogP contribution in [0.2, 0.25) is 0 Å². The number of halogens is 1. The van der Waals surface area contributed by atoms with Crippen molar-refractivity contribution in [3.8, 4) is 21.7 Å². The molecule has 144 valence electrons. The number of thiazole rings is 1. The fraction of sp³-hybridized carbons (Fsp3) is 0.0435.